The molecule has 0 saturated heterocycles. The minimum Gasteiger partial charge on any atom is -0.490 e. The van der Waals surface area contributed by atoms with Crippen LogP contribution in [0.3, 0.4) is 0 Å². The van der Waals surface area contributed by atoms with Crippen molar-refractivity contribution in [3.63, 3.8) is 0 Å². The molecule has 0 amide bonds. The third-order valence-corrected chi connectivity index (χ3v) is 5.57. The first-order chi connectivity index (χ1) is 13.4. The second kappa shape index (κ2) is 9.46. The predicted octanol–water partition coefficient (Wildman–Crippen LogP) is 6.07. The van der Waals surface area contributed by atoms with E-state index in [4.69, 9.17) is 4.74 Å². The van der Waals surface area contributed by atoms with Crippen molar-refractivity contribution in [3.8, 4) is 5.75 Å². The first-order valence-corrected chi connectivity index (χ1v) is 10.0. The maximum atomic E-state index is 12.9. The Morgan fingerprint density at radius 1 is 1.07 bits per heavy atom. The number of hydrogen-bond donors (Lipinski definition) is 1. The van der Waals surface area contributed by atoms with Gasteiger partial charge in [-0.25, -0.2) is 0 Å². The van der Waals surface area contributed by atoms with Crippen LogP contribution in [0.4, 0.5) is 13.2 Å². The van der Waals surface area contributed by atoms with Gasteiger partial charge < -0.3 is 10.1 Å². The Labute approximate surface area is 165 Å². The average Bonchev–Trinajstić information content (AvgIpc) is 2.68. The molecule has 3 rings (SSSR count). The molecule has 0 radical (unpaired) electrons. The molecule has 3 atom stereocenters. The van der Waals surface area contributed by atoms with Crippen molar-refractivity contribution in [2.45, 2.75) is 51.4 Å². The van der Waals surface area contributed by atoms with Crippen LogP contribution in [0, 0.1) is 11.8 Å². The zero-order chi connectivity index (χ0) is 20.0. The molecule has 2 nitrogen and oxygen atoms in total. The van der Waals surface area contributed by atoms with Crippen LogP contribution in [-0.4, -0.2) is 12.6 Å². The van der Waals surface area contributed by atoms with Gasteiger partial charge in [-0.15, -0.1) is 0 Å². The molecule has 5 heteroatoms. The summed E-state index contributed by atoms with van der Waals surface area (Å²) in [6.45, 7) is 4.02. The number of rotatable bonds is 7. The predicted molar refractivity (Wildman–Crippen MR) is 105 cm³/mol. The molecular weight excluding hydrogens is 363 g/mol. The lowest BCUT2D eigenvalue weighted by atomic mass is 9.79. The van der Waals surface area contributed by atoms with Crippen LogP contribution in [0.25, 0.3) is 0 Å². The Kier molecular flexibility index (Phi) is 7.00. The molecule has 0 aliphatic heterocycles. The van der Waals surface area contributed by atoms with Crippen molar-refractivity contribution in [1.82, 2.24) is 5.32 Å². The van der Waals surface area contributed by atoms with E-state index in [1.807, 2.05) is 18.2 Å². The highest BCUT2D eigenvalue weighted by Crippen LogP contribution is 2.35. The van der Waals surface area contributed by atoms with E-state index < -0.39 is 11.7 Å². The Hall–Kier alpha value is -2.01. The lowest BCUT2D eigenvalue weighted by Gasteiger charge is -2.33. The number of nitrogens with one attached hydrogen (secondary N) is 1. The van der Waals surface area contributed by atoms with Crippen LogP contribution in [0.2, 0.25) is 0 Å². The summed E-state index contributed by atoms with van der Waals surface area (Å²) in [6.07, 6.45) is -0.360. The van der Waals surface area contributed by atoms with Crippen LogP contribution in [0.15, 0.2) is 54.6 Å². The summed E-state index contributed by atoms with van der Waals surface area (Å²) in [4.78, 5) is 0. The smallest absolute Gasteiger partial charge is 0.416 e. The van der Waals surface area contributed by atoms with Crippen LogP contribution in [-0.2, 0) is 12.7 Å². The summed E-state index contributed by atoms with van der Waals surface area (Å²) in [6, 6.07) is 15.5. The second-order valence-electron chi connectivity index (χ2n) is 7.79. The second-order valence-corrected chi connectivity index (χ2v) is 7.79. The molecule has 1 aliphatic rings. The topological polar surface area (TPSA) is 21.3 Å². The first-order valence-electron chi connectivity index (χ1n) is 10.0. The SMILES string of the molecule is CC(CNCc1ccccc1)C1CCCC(Oc2cccc(C(F)(F)F)c2)C1. The van der Waals surface area contributed by atoms with E-state index in [1.165, 1.54) is 11.6 Å². The monoisotopic (exact) mass is 391 g/mol. The van der Waals surface area contributed by atoms with Gasteiger partial charge in [0.05, 0.1) is 11.7 Å². The Bertz CT molecular complexity index is 732. The summed E-state index contributed by atoms with van der Waals surface area (Å²) in [5, 5.41) is 3.52. The summed E-state index contributed by atoms with van der Waals surface area (Å²) in [5.74, 6) is 1.33. The van der Waals surface area contributed by atoms with Crippen molar-refractivity contribution >= 4 is 0 Å². The molecule has 3 unspecified atom stereocenters. The van der Waals surface area contributed by atoms with Gasteiger partial charge in [-0.3, -0.25) is 0 Å². The Morgan fingerprint density at radius 3 is 2.61 bits per heavy atom. The van der Waals surface area contributed by atoms with Gasteiger partial charge in [0.15, 0.2) is 0 Å². The quantitative estimate of drug-likeness (QED) is 0.619. The summed E-state index contributed by atoms with van der Waals surface area (Å²) in [5.41, 5.74) is 0.611. The van der Waals surface area contributed by atoms with Gasteiger partial charge in [0.25, 0.3) is 0 Å². The van der Waals surface area contributed by atoms with E-state index in [0.717, 1.165) is 50.9 Å². The molecule has 28 heavy (non-hydrogen) atoms. The molecule has 1 fully saturated rings. The van der Waals surface area contributed by atoms with Gasteiger partial charge in [0, 0.05) is 6.54 Å². The number of halogens is 3. The average molecular weight is 391 g/mol. The van der Waals surface area contributed by atoms with Crippen molar-refractivity contribution in [2.75, 3.05) is 6.54 Å². The summed E-state index contributed by atoms with van der Waals surface area (Å²) >= 11 is 0. The van der Waals surface area contributed by atoms with Crippen LogP contribution < -0.4 is 10.1 Å². The minimum atomic E-state index is -4.34. The molecule has 0 spiro atoms. The van der Waals surface area contributed by atoms with E-state index in [1.54, 1.807) is 6.07 Å². The lowest BCUT2D eigenvalue weighted by molar-refractivity contribution is -0.137. The van der Waals surface area contributed by atoms with Gasteiger partial charge in [0.2, 0.25) is 0 Å². The maximum absolute atomic E-state index is 12.9. The van der Waals surface area contributed by atoms with E-state index in [9.17, 15) is 13.2 Å². The number of hydrogen-bond acceptors (Lipinski definition) is 2. The molecule has 1 N–H and O–H groups in total. The fraction of sp³-hybridized carbons (Fsp3) is 0.478. The third-order valence-electron chi connectivity index (χ3n) is 5.57. The van der Waals surface area contributed by atoms with Crippen LogP contribution in [0.5, 0.6) is 5.75 Å². The molecule has 2 aromatic carbocycles. The number of alkyl halides is 3. The molecule has 152 valence electrons. The van der Waals surface area contributed by atoms with Crippen molar-refractivity contribution in [1.29, 1.82) is 0 Å². The van der Waals surface area contributed by atoms with Gasteiger partial charge in [-0.05, 0) is 67.8 Å². The normalized spacial score (nSPS) is 21.3. The van der Waals surface area contributed by atoms with E-state index in [0.29, 0.717) is 17.6 Å². The van der Waals surface area contributed by atoms with E-state index >= 15 is 0 Å². The molecule has 1 saturated carbocycles. The van der Waals surface area contributed by atoms with Gasteiger partial charge in [0.1, 0.15) is 5.75 Å². The first kappa shape index (κ1) is 20.7. The van der Waals surface area contributed by atoms with E-state index in [2.05, 4.69) is 24.4 Å². The fourth-order valence-electron chi connectivity index (χ4n) is 3.95. The van der Waals surface area contributed by atoms with Crippen molar-refractivity contribution in [2.24, 2.45) is 11.8 Å². The fourth-order valence-corrected chi connectivity index (χ4v) is 3.95. The summed E-state index contributed by atoms with van der Waals surface area (Å²) in [7, 11) is 0. The van der Waals surface area contributed by atoms with Crippen LogP contribution in [0.1, 0.15) is 43.7 Å². The molecule has 2 aromatic rings. The largest absolute Gasteiger partial charge is 0.490 e. The molecule has 0 bridgehead atoms. The lowest BCUT2D eigenvalue weighted by Crippen LogP contribution is -2.33. The molecular formula is C23H28F3NO. The molecule has 1 aliphatic carbocycles. The Balaban J connectivity index is 1.49. The van der Waals surface area contributed by atoms with Gasteiger partial charge in [-0.2, -0.15) is 13.2 Å². The number of ether oxygens (including phenoxy) is 1. The van der Waals surface area contributed by atoms with Gasteiger partial charge >= 0.3 is 6.18 Å². The highest BCUT2D eigenvalue weighted by molar-refractivity contribution is 5.30. The highest BCUT2D eigenvalue weighted by Gasteiger charge is 2.31. The van der Waals surface area contributed by atoms with Crippen LogP contribution >= 0.6 is 0 Å². The zero-order valence-corrected chi connectivity index (χ0v) is 16.2. The Morgan fingerprint density at radius 2 is 1.86 bits per heavy atom. The highest BCUT2D eigenvalue weighted by atomic mass is 19.4. The van der Waals surface area contributed by atoms with Gasteiger partial charge in [-0.1, -0.05) is 43.3 Å². The van der Waals surface area contributed by atoms with Crippen molar-refractivity contribution < 1.29 is 17.9 Å². The molecule has 0 heterocycles. The van der Waals surface area contributed by atoms with Crippen molar-refractivity contribution in [3.05, 3.63) is 65.7 Å². The zero-order valence-electron chi connectivity index (χ0n) is 16.2. The number of benzene rings is 2. The maximum Gasteiger partial charge on any atom is 0.416 e. The standard InChI is InChI=1S/C23H28F3NO/c1-17(15-27-16-18-7-3-2-4-8-18)19-9-5-11-21(13-19)28-22-12-6-10-20(14-22)23(24,25)26/h2-4,6-8,10,12,14,17,19,21,27H,5,9,11,13,15-16H2,1H3. The third kappa shape index (κ3) is 5.99. The molecule has 0 aromatic heterocycles. The van der Waals surface area contributed by atoms with E-state index in [-0.39, 0.29) is 6.10 Å². The minimum absolute atomic E-state index is 0.0150. The summed E-state index contributed by atoms with van der Waals surface area (Å²) < 4.78 is 44.6.